The van der Waals surface area contributed by atoms with E-state index in [-0.39, 0.29) is 36.8 Å². The second kappa shape index (κ2) is 7.00. The Labute approximate surface area is 164 Å². The Kier molecular flexibility index (Phi) is 4.74. The molecule has 1 N–H and O–H groups in total. The van der Waals surface area contributed by atoms with Crippen LogP contribution in [0.25, 0.3) is 5.95 Å². The topological polar surface area (TPSA) is 83.9 Å². The molecule has 29 heavy (non-hydrogen) atoms. The summed E-state index contributed by atoms with van der Waals surface area (Å²) in [6.07, 6.45) is -0.768. The van der Waals surface area contributed by atoms with Crippen LogP contribution in [0.15, 0.2) is 11.0 Å². The van der Waals surface area contributed by atoms with E-state index in [9.17, 15) is 22.8 Å². The first-order valence-corrected chi connectivity index (χ1v) is 9.71. The zero-order valence-corrected chi connectivity index (χ0v) is 16.2. The molecular weight excluding hydrogens is 387 g/mol. The zero-order chi connectivity index (χ0) is 20.9. The van der Waals surface area contributed by atoms with Crippen molar-refractivity contribution in [2.45, 2.75) is 58.2 Å². The Morgan fingerprint density at radius 2 is 2.07 bits per heavy atom. The number of aromatic nitrogens is 4. The number of H-pyrrole nitrogens is 1. The molecule has 1 unspecified atom stereocenters. The number of fused-ring (bicyclic) bond motifs is 1. The lowest BCUT2D eigenvalue weighted by atomic mass is 9.90. The fourth-order valence-corrected chi connectivity index (χ4v) is 4.29. The molecule has 10 heteroatoms. The molecule has 0 aromatic carbocycles. The molecule has 3 heterocycles. The maximum Gasteiger partial charge on any atom is 0.391 e. The lowest BCUT2D eigenvalue weighted by Gasteiger charge is -2.38. The SMILES string of the molecule is Cc1c(C(=O)N2CC[C@@H](C(F)(F)F)CC2C)cnn1-c1nc2c(c(=O)[nH]1)CCC2. The third kappa shape index (κ3) is 3.44. The van der Waals surface area contributed by atoms with Gasteiger partial charge in [0.25, 0.3) is 11.5 Å². The van der Waals surface area contributed by atoms with Crippen LogP contribution >= 0.6 is 0 Å². The quantitative estimate of drug-likeness (QED) is 0.826. The van der Waals surface area contributed by atoms with Crippen LogP contribution in [0, 0.1) is 12.8 Å². The molecule has 0 bridgehead atoms. The largest absolute Gasteiger partial charge is 0.391 e. The highest BCUT2D eigenvalue weighted by atomic mass is 19.4. The molecule has 0 spiro atoms. The van der Waals surface area contributed by atoms with Gasteiger partial charge >= 0.3 is 6.18 Å². The number of hydrogen-bond donors (Lipinski definition) is 1. The van der Waals surface area contributed by atoms with E-state index in [0.717, 1.165) is 18.5 Å². The molecule has 7 nitrogen and oxygen atoms in total. The zero-order valence-electron chi connectivity index (χ0n) is 16.2. The third-order valence-electron chi connectivity index (χ3n) is 5.97. The third-order valence-corrected chi connectivity index (χ3v) is 5.97. The van der Waals surface area contributed by atoms with Gasteiger partial charge in [-0.2, -0.15) is 18.3 Å². The first kappa shape index (κ1) is 19.7. The summed E-state index contributed by atoms with van der Waals surface area (Å²) < 4.78 is 40.4. The Bertz CT molecular complexity index is 1010. The highest BCUT2D eigenvalue weighted by Gasteiger charge is 2.44. The van der Waals surface area contributed by atoms with Gasteiger partial charge in [-0.05, 0) is 46.0 Å². The average Bonchev–Trinajstić information content (AvgIpc) is 3.27. The maximum absolute atomic E-state index is 13.0. The number of rotatable bonds is 2. The average molecular weight is 409 g/mol. The molecule has 0 saturated carbocycles. The summed E-state index contributed by atoms with van der Waals surface area (Å²) in [5, 5.41) is 4.20. The summed E-state index contributed by atoms with van der Waals surface area (Å²) in [5.74, 6) is -1.49. The van der Waals surface area contributed by atoms with Crippen LogP contribution in [0.5, 0.6) is 0 Å². The van der Waals surface area contributed by atoms with E-state index in [1.165, 1.54) is 15.8 Å². The van der Waals surface area contributed by atoms with Crippen molar-refractivity contribution in [2.24, 2.45) is 5.92 Å². The van der Waals surface area contributed by atoms with Crippen LogP contribution in [-0.4, -0.2) is 49.3 Å². The molecular formula is C19H22F3N5O2. The molecule has 2 aromatic heterocycles. The number of carbonyl (C=O) groups is 1. The van der Waals surface area contributed by atoms with Gasteiger partial charge in [-0.1, -0.05) is 0 Å². The number of aryl methyl sites for hydroxylation is 1. The van der Waals surface area contributed by atoms with Gasteiger partial charge in [0.05, 0.1) is 29.1 Å². The summed E-state index contributed by atoms with van der Waals surface area (Å²) in [5.41, 5.74) is 2.02. The highest BCUT2D eigenvalue weighted by Crippen LogP contribution is 2.37. The monoisotopic (exact) mass is 409 g/mol. The fraction of sp³-hybridized carbons (Fsp3) is 0.579. The summed E-state index contributed by atoms with van der Waals surface area (Å²) >= 11 is 0. The van der Waals surface area contributed by atoms with E-state index < -0.39 is 18.1 Å². The number of amides is 1. The minimum absolute atomic E-state index is 0.0444. The predicted octanol–water partition coefficient (Wildman–Crippen LogP) is 2.56. The number of aromatic amines is 1. The number of halogens is 3. The second-order valence-corrected chi connectivity index (χ2v) is 7.83. The molecule has 156 valence electrons. The molecule has 1 aliphatic heterocycles. The van der Waals surface area contributed by atoms with E-state index in [2.05, 4.69) is 15.1 Å². The fourth-order valence-electron chi connectivity index (χ4n) is 4.29. The van der Waals surface area contributed by atoms with Crippen molar-refractivity contribution >= 4 is 5.91 Å². The van der Waals surface area contributed by atoms with E-state index >= 15 is 0 Å². The van der Waals surface area contributed by atoms with Crippen LogP contribution in [0.3, 0.4) is 0 Å². The molecule has 1 amide bonds. The van der Waals surface area contributed by atoms with Gasteiger partial charge in [0.1, 0.15) is 0 Å². The van der Waals surface area contributed by atoms with Gasteiger partial charge in [-0.3, -0.25) is 14.6 Å². The normalized spacial score (nSPS) is 22.0. The maximum atomic E-state index is 13.0. The number of alkyl halides is 3. The first-order chi connectivity index (χ1) is 13.7. The van der Waals surface area contributed by atoms with Gasteiger partial charge < -0.3 is 4.90 Å². The van der Waals surface area contributed by atoms with Crippen molar-refractivity contribution < 1.29 is 18.0 Å². The van der Waals surface area contributed by atoms with Gasteiger partial charge in [0.15, 0.2) is 0 Å². The molecule has 1 saturated heterocycles. The number of hydrogen-bond acceptors (Lipinski definition) is 4. The molecule has 4 rings (SSSR count). The summed E-state index contributed by atoms with van der Waals surface area (Å²) in [4.78, 5) is 33.9. The van der Waals surface area contributed by atoms with Gasteiger partial charge in [-0.15, -0.1) is 0 Å². The Morgan fingerprint density at radius 3 is 2.76 bits per heavy atom. The molecule has 2 atom stereocenters. The smallest absolute Gasteiger partial charge is 0.336 e. The number of likely N-dealkylation sites (tertiary alicyclic amines) is 1. The molecule has 2 aliphatic rings. The lowest BCUT2D eigenvalue weighted by molar-refractivity contribution is -0.187. The van der Waals surface area contributed by atoms with E-state index in [4.69, 9.17) is 0 Å². The van der Waals surface area contributed by atoms with Crippen molar-refractivity contribution in [3.05, 3.63) is 39.1 Å². The Morgan fingerprint density at radius 1 is 1.31 bits per heavy atom. The summed E-state index contributed by atoms with van der Waals surface area (Å²) in [6, 6.07) is -0.524. The molecule has 1 aliphatic carbocycles. The van der Waals surface area contributed by atoms with Crippen molar-refractivity contribution in [1.82, 2.24) is 24.6 Å². The van der Waals surface area contributed by atoms with E-state index in [1.807, 2.05) is 0 Å². The van der Waals surface area contributed by atoms with Crippen LogP contribution < -0.4 is 5.56 Å². The van der Waals surface area contributed by atoms with E-state index in [1.54, 1.807) is 13.8 Å². The Hall–Kier alpha value is -2.65. The Balaban J connectivity index is 1.59. The number of piperidine rings is 1. The van der Waals surface area contributed by atoms with Crippen LogP contribution in [0.4, 0.5) is 13.2 Å². The minimum Gasteiger partial charge on any atom is -0.336 e. The van der Waals surface area contributed by atoms with Crippen molar-refractivity contribution in [2.75, 3.05) is 6.54 Å². The van der Waals surface area contributed by atoms with Crippen LogP contribution in [-0.2, 0) is 12.8 Å². The number of nitrogens with one attached hydrogen (secondary N) is 1. The summed E-state index contributed by atoms with van der Waals surface area (Å²) in [6.45, 7) is 3.36. The number of nitrogens with zero attached hydrogens (tertiary/aromatic N) is 4. The minimum atomic E-state index is -4.24. The first-order valence-electron chi connectivity index (χ1n) is 9.71. The van der Waals surface area contributed by atoms with Crippen molar-refractivity contribution in [1.29, 1.82) is 0 Å². The second-order valence-electron chi connectivity index (χ2n) is 7.83. The van der Waals surface area contributed by atoms with Gasteiger partial charge in [0, 0.05) is 18.2 Å². The van der Waals surface area contributed by atoms with Crippen LogP contribution in [0.1, 0.15) is 53.5 Å². The van der Waals surface area contributed by atoms with Crippen molar-refractivity contribution in [3.63, 3.8) is 0 Å². The van der Waals surface area contributed by atoms with E-state index in [0.29, 0.717) is 23.2 Å². The molecule has 2 aromatic rings. The highest BCUT2D eigenvalue weighted by molar-refractivity contribution is 5.95. The summed E-state index contributed by atoms with van der Waals surface area (Å²) in [7, 11) is 0. The van der Waals surface area contributed by atoms with Gasteiger partial charge in [0.2, 0.25) is 5.95 Å². The number of carbonyl (C=O) groups excluding carboxylic acids is 1. The van der Waals surface area contributed by atoms with Gasteiger partial charge in [-0.25, -0.2) is 9.67 Å². The lowest BCUT2D eigenvalue weighted by Crippen LogP contribution is -2.47. The molecule has 1 fully saturated rings. The van der Waals surface area contributed by atoms with Crippen molar-refractivity contribution in [3.8, 4) is 5.95 Å². The van der Waals surface area contributed by atoms with Crippen LogP contribution in [0.2, 0.25) is 0 Å². The molecule has 0 radical (unpaired) electrons. The standard InChI is InChI=1S/C19H22F3N5O2/c1-10-8-12(19(20,21)22)6-7-26(10)17(29)14-9-23-27(11(14)2)18-24-15-5-3-4-13(15)16(28)25-18/h9-10,12H,3-8H2,1-2H3,(H,24,25,28)/t10?,12-/m1/s1. The predicted molar refractivity (Wildman–Crippen MR) is 98.0 cm³/mol.